The van der Waals surface area contributed by atoms with E-state index >= 15 is 0 Å². The molecule has 1 aromatic carbocycles. The van der Waals surface area contributed by atoms with E-state index in [2.05, 4.69) is 4.98 Å². The van der Waals surface area contributed by atoms with Crippen LogP contribution in [0.15, 0.2) is 36.5 Å². The first-order chi connectivity index (χ1) is 6.29. The zero-order chi connectivity index (χ0) is 9.26. The normalized spacial score (nSPS) is 9.43. The molecule has 0 aliphatic carbocycles. The minimum absolute atomic E-state index is 0. The molecule has 0 amide bonds. The van der Waals surface area contributed by atoms with Crippen LogP contribution in [0, 0.1) is 0 Å². The van der Waals surface area contributed by atoms with Crippen molar-refractivity contribution in [1.29, 1.82) is 0 Å². The number of para-hydroxylation sites is 1. The van der Waals surface area contributed by atoms with E-state index in [-0.39, 0.29) is 22.6 Å². The number of pyridine rings is 1. The van der Waals surface area contributed by atoms with E-state index in [1.807, 2.05) is 12.1 Å². The second-order valence-electron chi connectivity index (χ2n) is 2.69. The van der Waals surface area contributed by atoms with Crippen molar-refractivity contribution in [3.63, 3.8) is 0 Å². The van der Waals surface area contributed by atoms with Crippen molar-refractivity contribution in [3.05, 3.63) is 42.1 Å². The van der Waals surface area contributed by atoms with Gasteiger partial charge in [0.15, 0.2) is 0 Å². The molecule has 1 aromatic heterocycles. The van der Waals surface area contributed by atoms with Crippen LogP contribution in [-0.4, -0.2) is 16.1 Å². The molecule has 75 valence electrons. The van der Waals surface area contributed by atoms with Gasteiger partial charge in [0.2, 0.25) is 0 Å². The smallest absolute Gasteiger partial charge is 0.337 e. The number of hydrogen-bond donors (Lipinski definition) is 1. The first kappa shape index (κ1) is 10.7. The number of nitrogens with zero attached hydrogens (tertiary/aromatic N) is 1. The molecule has 1 heterocycles. The average molecular weight is 237 g/mol. The summed E-state index contributed by atoms with van der Waals surface area (Å²) >= 11 is 0. The Labute approximate surface area is 91.2 Å². The molecular weight excluding hydrogens is 230 g/mol. The van der Waals surface area contributed by atoms with Crippen LogP contribution in [0.25, 0.3) is 10.9 Å². The summed E-state index contributed by atoms with van der Waals surface area (Å²) < 4.78 is 0. The first-order valence-electron chi connectivity index (χ1n) is 3.86. The van der Waals surface area contributed by atoms with Crippen molar-refractivity contribution in [2.45, 2.75) is 0 Å². The Morgan fingerprint density at radius 3 is 2.64 bits per heavy atom. The van der Waals surface area contributed by atoms with Crippen molar-refractivity contribution in [2.24, 2.45) is 0 Å². The summed E-state index contributed by atoms with van der Waals surface area (Å²) in [5.41, 5.74) is 0.788. The molecule has 0 bridgehead atoms. The minimum atomic E-state index is -0.940. The SMILES string of the molecule is O=C(O)c1cccc2cccnc12.[Cu]. The standard InChI is InChI=1S/C10H7NO2.Cu/c12-10(13)8-5-1-3-7-4-2-6-11-9(7)8;/h1-6H,(H,12,13);. The van der Waals surface area contributed by atoms with E-state index in [1.54, 1.807) is 24.4 Å². The van der Waals surface area contributed by atoms with E-state index in [4.69, 9.17) is 5.11 Å². The molecule has 0 aliphatic heterocycles. The maximum Gasteiger partial charge on any atom is 0.337 e. The van der Waals surface area contributed by atoms with Crippen LogP contribution < -0.4 is 0 Å². The fourth-order valence-corrected chi connectivity index (χ4v) is 1.28. The van der Waals surface area contributed by atoms with Crippen molar-refractivity contribution in [1.82, 2.24) is 4.98 Å². The quantitative estimate of drug-likeness (QED) is 0.770. The molecule has 0 saturated heterocycles. The molecular formula is C10H7CuNO2. The molecule has 3 nitrogen and oxygen atoms in total. The summed E-state index contributed by atoms with van der Waals surface area (Å²) in [7, 11) is 0. The third kappa shape index (κ3) is 1.76. The number of benzene rings is 1. The summed E-state index contributed by atoms with van der Waals surface area (Å²) in [6, 6.07) is 8.74. The molecule has 0 aliphatic rings. The van der Waals surface area contributed by atoms with Crippen LogP contribution in [0.3, 0.4) is 0 Å². The van der Waals surface area contributed by atoms with Crippen LogP contribution in [0.1, 0.15) is 10.4 Å². The van der Waals surface area contributed by atoms with Crippen LogP contribution in [-0.2, 0) is 17.1 Å². The number of fused-ring (bicyclic) bond motifs is 1. The van der Waals surface area contributed by atoms with Crippen molar-refractivity contribution in [3.8, 4) is 0 Å². The molecule has 0 unspecified atom stereocenters. The number of aromatic nitrogens is 1. The topological polar surface area (TPSA) is 50.2 Å². The van der Waals surface area contributed by atoms with Gasteiger partial charge in [-0.15, -0.1) is 0 Å². The van der Waals surface area contributed by atoms with Gasteiger partial charge in [-0.3, -0.25) is 4.98 Å². The van der Waals surface area contributed by atoms with Gasteiger partial charge in [-0.1, -0.05) is 18.2 Å². The molecule has 1 N–H and O–H groups in total. The molecule has 2 rings (SSSR count). The van der Waals surface area contributed by atoms with E-state index in [1.165, 1.54) is 0 Å². The van der Waals surface area contributed by atoms with Gasteiger partial charge in [-0.2, -0.15) is 0 Å². The van der Waals surface area contributed by atoms with E-state index in [0.717, 1.165) is 5.39 Å². The van der Waals surface area contributed by atoms with Gasteiger partial charge >= 0.3 is 5.97 Å². The Morgan fingerprint density at radius 2 is 1.93 bits per heavy atom. The van der Waals surface area contributed by atoms with Crippen molar-refractivity contribution in [2.75, 3.05) is 0 Å². The average Bonchev–Trinajstić information content (AvgIpc) is 2.17. The van der Waals surface area contributed by atoms with Crippen molar-refractivity contribution >= 4 is 16.9 Å². The summed E-state index contributed by atoms with van der Waals surface area (Å²) in [5, 5.41) is 9.69. The summed E-state index contributed by atoms with van der Waals surface area (Å²) in [6.45, 7) is 0. The second kappa shape index (κ2) is 4.22. The summed E-state index contributed by atoms with van der Waals surface area (Å²) in [6.07, 6.45) is 1.59. The number of rotatable bonds is 1. The van der Waals surface area contributed by atoms with Gasteiger partial charge in [0.05, 0.1) is 11.1 Å². The molecule has 14 heavy (non-hydrogen) atoms. The number of hydrogen-bond acceptors (Lipinski definition) is 2. The van der Waals surface area contributed by atoms with Gasteiger partial charge in [0, 0.05) is 28.7 Å². The fraction of sp³-hybridized carbons (Fsp3) is 0. The predicted molar refractivity (Wildman–Crippen MR) is 48.7 cm³/mol. The predicted octanol–water partition coefficient (Wildman–Crippen LogP) is 1.93. The Hall–Kier alpha value is -1.38. The maximum absolute atomic E-state index is 10.8. The fourth-order valence-electron chi connectivity index (χ4n) is 1.28. The van der Waals surface area contributed by atoms with Crippen LogP contribution in [0.4, 0.5) is 0 Å². The van der Waals surface area contributed by atoms with E-state index in [9.17, 15) is 4.79 Å². The second-order valence-corrected chi connectivity index (χ2v) is 2.69. The molecule has 2 aromatic rings. The number of carboxylic acids is 1. The Morgan fingerprint density at radius 1 is 1.21 bits per heavy atom. The third-order valence-corrected chi connectivity index (χ3v) is 1.86. The number of carbonyl (C=O) groups is 1. The number of carboxylic acid groups (broad SMARTS) is 1. The zero-order valence-corrected chi connectivity index (χ0v) is 8.01. The third-order valence-electron chi connectivity index (χ3n) is 1.86. The molecule has 1 radical (unpaired) electrons. The van der Waals surface area contributed by atoms with Crippen molar-refractivity contribution < 1.29 is 27.0 Å². The molecule has 0 spiro atoms. The zero-order valence-electron chi connectivity index (χ0n) is 7.07. The Bertz CT molecular complexity index is 465. The summed E-state index contributed by atoms with van der Waals surface area (Å²) in [5.74, 6) is -0.940. The van der Waals surface area contributed by atoms with Crippen LogP contribution >= 0.6 is 0 Å². The monoisotopic (exact) mass is 236 g/mol. The Kier molecular flexibility index (Phi) is 3.23. The Balaban J connectivity index is 0.000000980. The van der Waals surface area contributed by atoms with Crippen LogP contribution in [0.2, 0.25) is 0 Å². The van der Waals surface area contributed by atoms with Gasteiger partial charge in [0.25, 0.3) is 0 Å². The van der Waals surface area contributed by atoms with E-state index < -0.39 is 5.97 Å². The molecule has 4 heteroatoms. The van der Waals surface area contributed by atoms with E-state index in [0.29, 0.717) is 5.52 Å². The first-order valence-corrected chi connectivity index (χ1v) is 3.86. The number of aromatic carboxylic acids is 1. The maximum atomic E-state index is 10.8. The van der Waals surface area contributed by atoms with Gasteiger partial charge in [-0.05, 0) is 12.1 Å². The van der Waals surface area contributed by atoms with Gasteiger partial charge < -0.3 is 5.11 Å². The molecule has 0 saturated carbocycles. The molecule has 0 fully saturated rings. The van der Waals surface area contributed by atoms with Crippen LogP contribution in [0.5, 0.6) is 0 Å². The largest absolute Gasteiger partial charge is 0.478 e. The minimum Gasteiger partial charge on any atom is -0.478 e. The van der Waals surface area contributed by atoms with Gasteiger partial charge in [-0.25, -0.2) is 4.79 Å². The summed E-state index contributed by atoms with van der Waals surface area (Å²) in [4.78, 5) is 14.8. The molecule has 0 atom stereocenters. The van der Waals surface area contributed by atoms with Gasteiger partial charge in [0.1, 0.15) is 0 Å².